The first-order chi connectivity index (χ1) is 8.70. The minimum absolute atomic E-state index is 0.0339. The number of carbonyl (C=O) groups excluding carboxylic acids is 1. The first-order valence-corrected chi connectivity index (χ1v) is 6.46. The normalized spacial score (nSPS) is 36.3. The highest BCUT2D eigenvalue weighted by molar-refractivity contribution is 5.75. The lowest BCUT2D eigenvalue weighted by Crippen LogP contribution is -2.47. The smallest absolute Gasteiger partial charge is 0.315 e. The van der Waals surface area contributed by atoms with Gasteiger partial charge in [-0.2, -0.15) is 0 Å². The maximum Gasteiger partial charge on any atom is 0.315 e. The lowest BCUT2D eigenvalue weighted by molar-refractivity contribution is -0.220. The molecule has 2 N–H and O–H groups in total. The molecule has 0 saturated carbocycles. The van der Waals surface area contributed by atoms with Crippen molar-refractivity contribution in [3.05, 3.63) is 12.7 Å². The molecule has 1 heterocycles. The van der Waals surface area contributed by atoms with Gasteiger partial charge in [-0.05, 0) is 5.92 Å². The maximum absolute atomic E-state index is 12.0. The van der Waals surface area contributed by atoms with Gasteiger partial charge < -0.3 is 19.7 Å². The summed E-state index contributed by atoms with van der Waals surface area (Å²) in [6.45, 7) is 9.32. The summed E-state index contributed by atoms with van der Waals surface area (Å²) < 4.78 is 10.2. The Morgan fingerprint density at radius 1 is 1.63 bits per heavy atom. The van der Waals surface area contributed by atoms with Crippen LogP contribution in [0.25, 0.3) is 0 Å². The van der Waals surface area contributed by atoms with Crippen LogP contribution in [0.5, 0.6) is 0 Å². The van der Waals surface area contributed by atoms with Gasteiger partial charge >= 0.3 is 5.97 Å². The van der Waals surface area contributed by atoms with Crippen LogP contribution in [0, 0.1) is 17.3 Å². The molecule has 0 aromatic carbocycles. The summed E-state index contributed by atoms with van der Waals surface area (Å²) in [5.74, 6) is -3.21. The number of ether oxygens (including phenoxy) is 2. The largest absolute Gasteiger partial charge is 0.469 e. The van der Waals surface area contributed by atoms with E-state index in [-0.39, 0.29) is 18.9 Å². The van der Waals surface area contributed by atoms with E-state index in [0.717, 1.165) is 0 Å². The minimum Gasteiger partial charge on any atom is -0.469 e. The van der Waals surface area contributed by atoms with Crippen LogP contribution in [0.4, 0.5) is 0 Å². The van der Waals surface area contributed by atoms with Gasteiger partial charge in [0.15, 0.2) is 5.79 Å². The van der Waals surface area contributed by atoms with Crippen molar-refractivity contribution >= 4 is 5.97 Å². The van der Waals surface area contributed by atoms with E-state index >= 15 is 0 Å². The lowest BCUT2D eigenvalue weighted by atomic mass is 9.74. The molecular weight excluding hydrogens is 248 g/mol. The van der Waals surface area contributed by atoms with Gasteiger partial charge in [-0.3, -0.25) is 4.79 Å². The molecule has 1 rings (SSSR count). The molecule has 110 valence electrons. The van der Waals surface area contributed by atoms with E-state index in [4.69, 9.17) is 9.47 Å². The standard InChI is InChI=1S/C14H24O5/c1-6-13(4)8-19-14(17,7-10(15)9(2)3)11(13)12(16)18-5/h6,9-11,15,17H,1,7-8H2,2-5H3/t10?,11?,13-,14?/m0/s1. The summed E-state index contributed by atoms with van der Waals surface area (Å²) >= 11 is 0. The topological polar surface area (TPSA) is 76.0 Å². The van der Waals surface area contributed by atoms with Gasteiger partial charge in [-0.25, -0.2) is 0 Å². The van der Waals surface area contributed by atoms with Crippen LogP contribution >= 0.6 is 0 Å². The SMILES string of the molecule is C=C[C@@]1(C)COC(O)(CC(O)C(C)C)C1C(=O)OC. The second kappa shape index (κ2) is 5.61. The first kappa shape index (κ1) is 16.1. The Kier molecular flexibility index (Phi) is 4.76. The number of esters is 1. The zero-order chi connectivity index (χ0) is 14.8. The van der Waals surface area contributed by atoms with Crippen LogP contribution in [-0.4, -0.2) is 41.8 Å². The minimum atomic E-state index is -1.72. The zero-order valence-corrected chi connectivity index (χ0v) is 12.0. The zero-order valence-electron chi connectivity index (χ0n) is 12.0. The fourth-order valence-electron chi connectivity index (χ4n) is 2.42. The quantitative estimate of drug-likeness (QED) is 0.579. The average molecular weight is 272 g/mol. The Morgan fingerprint density at radius 3 is 2.63 bits per heavy atom. The van der Waals surface area contributed by atoms with Gasteiger partial charge in [0.2, 0.25) is 0 Å². The van der Waals surface area contributed by atoms with Crippen molar-refractivity contribution in [1.29, 1.82) is 0 Å². The number of aliphatic hydroxyl groups is 2. The van der Waals surface area contributed by atoms with Gasteiger partial charge in [0.1, 0.15) is 5.92 Å². The van der Waals surface area contributed by atoms with Crippen LogP contribution in [-0.2, 0) is 14.3 Å². The predicted octanol–water partition coefficient (Wildman–Crippen LogP) is 1.09. The molecule has 0 spiro atoms. The second-order valence-electron chi connectivity index (χ2n) is 5.82. The summed E-state index contributed by atoms with van der Waals surface area (Å²) in [7, 11) is 1.27. The molecular formula is C14H24O5. The fraction of sp³-hybridized carbons (Fsp3) is 0.786. The molecule has 0 radical (unpaired) electrons. The Balaban J connectivity index is 3.05. The molecule has 1 fully saturated rings. The monoisotopic (exact) mass is 272 g/mol. The van der Waals surface area contributed by atoms with Gasteiger partial charge in [0.25, 0.3) is 0 Å². The van der Waals surface area contributed by atoms with Crippen LogP contribution < -0.4 is 0 Å². The molecule has 0 bridgehead atoms. The molecule has 0 aromatic heterocycles. The number of methoxy groups -OCH3 is 1. The molecule has 1 aliphatic heterocycles. The molecule has 0 aliphatic carbocycles. The third-order valence-corrected chi connectivity index (χ3v) is 3.92. The summed E-state index contributed by atoms with van der Waals surface area (Å²) in [5, 5.41) is 20.6. The average Bonchev–Trinajstić information content (AvgIpc) is 2.61. The highest BCUT2D eigenvalue weighted by Gasteiger charge is 2.59. The number of hydrogen-bond acceptors (Lipinski definition) is 5. The summed E-state index contributed by atoms with van der Waals surface area (Å²) in [6, 6.07) is 0. The summed E-state index contributed by atoms with van der Waals surface area (Å²) in [5.41, 5.74) is -0.710. The van der Waals surface area contributed by atoms with Gasteiger partial charge in [0.05, 0.1) is 19.8 Å². The molecule has 5 nitrogen and oxygen atoms in total. The number of rotatable bonds is 5. The number of hydrogen-bond donors (Lipinski definition) is 2. The second-order valence-corrected chi connectivity index (χ2v) is 5.82. The van der Waals surface area contributed by atoms with Crippen LogP contribution in [0.3, 0.4) is 0 Å². The van der Waals surface area contributed by atoms with Crippen LogP contribution in [0.15, 0.2) is 12.7 Å². The molecule has 19 heavy (non-hydrogen) atoms. The van der Waals surface area contributed by atoms with Crippen molar-refractivity contribution in [3.63, 3.8) is 0 Å². The third kappa shape index (κ3) is 2.99. The highest BCUT2D eigenvalue weighted by Crippen LogP contribution is 2.47. The van der Waals surface area contributed by atoms with Crippen LogP contribution in [0.1, 0.15) is 27.2 Å². The lowest BCUT2D eigenvalue weighted by Gasteiger charge is -2.34. The molecule has 1 saturated heterocycles. The highest BCUT2D eigenvalue weighted by atomic mass is 16.6. The van der Waals surface area contributed by atoms with Crippen molar-refractivity contribution in [1.82, 2.24) is 0 Å². The Labute approximate surface area is 114 Å². The maximum atomic E-state index is 12.0. The molecule has 1 aliphatic rings. The molecule has 0 amide bonds. The number of carbonyl (C=O) groups is 1. The summed E-state index contributed by atoms with van der Waals surface area (Å²) in [6.07, 6.45) is 0.798. The summed E-state index contributed by atoms with van der Waals surface area (Å²) in [4.78, 5) is 12.0. The van der Waals surface area contributed by atoms with Crippen LogP contribution in [0.2, 0.25) is 0 Å². The molecule has 5 heteroatoms. The van der Waals surface area contributed by atoms with E-state index in [0.29, 0.717) is 0 Å². The van der Waals surface area contributed by atoms with Crippen molar-refractivity contribution in [2.75, 3.05) is 13.7 Å². The van der Waals surface area contributed by atoms with Crippen molar-refractivity contribution < 1.29 is 24.5 Å². The number of aliphatic hydroxyl groups excluding tert-OH is 1. The van der Waals surface area contributed by atoms with Crippen molar-refractivity contribution in [2.24, 2.45) is 17.3 Å². The predicted molar refractivity (Wildman–Crippen MR) is 70.2 cm³/mol. The van der Waals surface area contributed by atoms with Gasteiger partial charge in [-0.15, -0.1) is 6.58 Å². The van der Waals surface area contributed by atoms with E-state index in [1.54, 1.807) is 13.0 Å². The van der Waals surface area contributed by atoms with E-state index in [2.05, 4.69) is 6.58 Å². The molecule has 0 aromatic rings. The van der Waals surface area contributed by atoms with Gasteiger partial charge in [0, 0.05) is 11.8 Å². The third-order valence-electron chi connectivity index (χ3n) is 3.92. The van der Waals surface area contributed by atoms with Crippen molar-refractivity contribution in [3.8, 4) is 0 Å². The van der Waals surface area contributed by atoms with Crippen molar-refractivity contribution in [2.45, 2.75) is 39.1 Å². The van der Waals surface area contributed by atoms with E-state index in [9.17, 15) is 15.0 Å². The molecule has 3 unspecified atom stereocenters. The Hall–Kier alpha value is -0.910. The molecule has 4 atom stereocenters. The van der Waals surface area contributed by atoms with E-state index in [1.165, 1.54) is 7.11 Å². The Morgan fingerprint density at radius 2 is 2.21 bits per heavy atom. The fourth-order valence-corrected chi connectivity index (χ4v) is 2.42. The van der Waals surface area contributed by atoms with E-state index < -0.39 is 29.2 Å². The van der Waals surface area contributed by atoms with Gasteiger partial charge in [-0.1, -0.05) is 26.8 Å². The Bertz CT molecular complexity index is 354. The first-order valence-electron chi connectivity index (χ1n) is 6.46. The van der Waals surface area contributed by atoms with E-state index in [1.807, 2.05) is 13.8 Å².